The topological polar surface area (TPSA) is 67.5 Å². The summed E-state index contributed by atoms with van der Waals surface area (Å²) in [6.45, 7) is 1.95. The predicted molar refractivity (Wildman–Crippen MR) is 60.9 cm³/mol. The first kappa shape index (κ1) is 10.3. The van der Waals surface area contributed by atoms with E-state index in [0.717, 1.165) is 17.6 Å². The van der Waals surface area contributed by atoms with Gasteiger partial charge in [-0.3, -0.25) is 4.79 Å². The molecule has 0 unspecified atom stereocenters. The SMILES string of the molecule is Cc1cccn2nc(C3(C(=O)O)CCC3)nc12. The Kier molecular flexibility index (Phi) is 1.98. The van der Waals surface area contributed by atoms with Gasteiger partial charge in [0.1, 0.15) is 5.41 Å². The Morgan fingerprint density at radius 3 is 2.82 bits per heavy atom. The largest absolute Gasteiger partial charge is 0.480 e. The Bertz CT molecular complexity index is 599. The van der Waals surface area contributed by atoms with Crippen molar-refractivity contribution in [1.82, 2.24) is 14.6 Å². The Labute approximate surface area is 98.1 Å². The molecule has 5 nitrogen and oxygen atoms in total. The molecule has 1 aliphatic rings. The van der Waals surface area contributed by atoms with Gasteiger partial charge in [-0.25, -0.2) is 9.50 Å². The van der Waals surface area contributed by atoms with Gasteiger partial charge in [-0.15, -0.1) is 0 Å². The third kappa shape index (κ3) is 1.28. The summed E-state index contributed by atoms with van der Waals surface area (Å²) in [6, 6.07) is 3.83. The number of carbonyl (C=O) groups is 1. The van der Waals surface area contributed by atoms with E-state index in [4.69, 9.17) is 0 Å². The summed E-state index contributed by atoms with van der Waals surface area (Å²) < 4.78 is 1.66. The van der Waals surface area contributed by atoms with E-state index in [2.05, 4.69) is 10.1 Å². The molecule has 0 amide bonds. The van der Waals surface area contributed by atoms with Crippen LogP contribution in [0, 0.1) is 6.92 Å². The molecule has 1 N–H and O–H groups in total. The van der Waals surface area contributed by atoms with Crippen LogP contribution in [0.25, 0.3) is 5.65 Å². The van der Waals surface area contributed by atoms with Crippen LogP contribution in [0.15, 0.2) is 18.3 Å². The van der Waals surface area contributed by atoms with E-state index in [1.807, 2.05) is 19.1 Å². The first-order valence-electron chi connectivity index (χ1n) is 5.69. The Balaban J connectivity index is 2.18. The summed E-state index contributed by atoms with van der Waals surface area (Å²) in [7, 11) is 0. The molecular weight excluding hydrogens is 218 g/mol. The van der Waals surface area contributed by atoms with E-state index in [1.165, 1.54) is 0 Å². The molecular formula is C12H13N3O2. The molecule has 88 valence electrons. The van der Waals surface area contributed by atoms with Crippen molar-refractivity contribution in [1.29, 1.82) is 0 Å². The monoisotopic (exact) mass is 231 g/mol. The van der Waals surface area contributed by atoms with Gasteiger partial charge in [0, 0.05) is 6.20 Å². The third-order valence-corrected chi connectivity index (χ3v) is 3.60. The molecule has 2 aromatic rings. The molecule has 2 heterocycles. The van der Waals surface area contributed by atoms with Gasteiger partial charge in [0.25, 0.3) is 0 Å². The van der Waals surface area contributed by atoms with Gasteiger partial charge in [-0.05, 0) is 31.4 Å². The predicted octanol–water partition coefficient (Wildman–Crippen LogP) is 1.54. The molecule has 1 aliphatic carbocycles. The highest BCUT2D eigenvalue weighted by Gasteiger charge is 2.49. The minimum atomic E-state index is -0.849. The lowest BCUT2D eigenvalue weighted by Gasteiger charge is -2.34. The number of carboxylic acids is 1. The number of aliphatic carboxylic acids is 1. The Hall–Kier alpha value is -1.91. The number of aryl methyl sites for hydroxylation is 1. The summed E-state index contributed by atoms with van der Waals surface area (Å²) in [5.41, 5.74) is 0.902. The smallest absolute Gasteiger partial charge is 0.317 e. The lowest BCUT2D eigenvalue weighted by Crippen LogP contribution is -2.43. The summed E-state index contributed by atoms with van der Waals surface area (Å²) in [5.74, 6) is -0.358. The minimum Gasteiger partial charge on any atom is -0.480 e. The van der Waals surface area contributed by atoms with Crippen molar-refractivity contribution in [3.63, 3.8) is 0 Å². The molecule has 17 heavy (non-hydrogen) atoms. The molecule has 1 fully saturated rings. The Morgan fingerprint density at radius 1 is 1.53 bits per heavy atom. The van der Waals surface area contributed by atoms with Gasteiger partial charge in [-0.2, -0.15) is 5.10 Å². The second-order valence-corrected chi connectivity index (χ2v) is 4.64. The average molecular weight is 231 g/mol. The van der Waals surface area contributed by atoms with Gasteiger partial charge < -0.3 is 5.11 Å². The summed E-state index contributed by atoms with van der Waals surface area (Å²) in [4.78, 5) is 15.8. The molecule has 0 bridgehead atoms. The normalized spacial score (nSPS) is 17.9. The standard InChI is InChI=1S/C12H13N3O2/c1-8-4-2-7-15-9(8)13-10(14-15)12(11(16)17)5-3-6-12/h2,4,7H,3,5-6H2,1H3,(H,16,17). The molecule has 0 saturated heterocycles. The van der Waals surface area contributed by atoms with E-state index in [0.29, 0.717) is 18.7 Å². The van der Waals surface area contributed by atoms with E-state index in [9.17, 15) is 9.90 Å². The van der Waals surface area contributed by atoms with E-state index >= 15 is 0 Å². The van der Waals surface area contributed by atoms with Crippen molar-refractivity contribution in [2.75, 3.05) is 0 Å². The van der Waals surface area contributed by atoms with Crippen molar-refractivity contribution in [2.24, 2.45) is 0 Å². The zero-order valence-electron chi connectivity index (χ0n) is 9.55. The minimum absolute atomic E-state index is 0.450. The molecule has 0 spiro atoms. The highest BCUT2D eigenvalue weighted by molar-refractivity contribution is 5.81. The lowest BCUT2D eigenvalue weighted by molar-refractivity contribution is -0.147. The molecule has 0 radical (unpaired) electrons. The first-order valence-corrected chi connectivity index (χ1v) is 5.69. The van der Waals surface area contributed by atoms with Crippen LogP contribution in [0.4, 0.5) is 0 Å². The van der Waals surface area contributed by atoms with Gasteiger partial charge in [0.05, 0.1) is 0 Å². The van der Waals surface area contributed by atoms with Crippen LogP contribution < -0.4 is 0 Å². The molecule has 2 aromatic heterocycles. The van der Waals surface area contributed by atoms with E-state index in [-0.39, 0.29) is 0 Å². The van der Waals surface area contributed by atoms with Crippen LogP contribution in [0.3, 0.4) is 0 Å². The summed E-state index contributed by atoms with van der Waals surface area (Å²) >= 11 is 0. The fourth-order valence-electron chi connectivity index (χ4n) is 2.31. The van der Waals surface area contributed by atoms with Gasteiger partial charge in [-0.1, -0.05) is 12.5 Å². The van der Waals surface area contributed by atoms with Crippen LogP contribution in [-0.2, 0) is 10.2 Å². The quantitative estimate of drug-likeness (QED) is 0.851. The maximum Gasteiger partial charge on any atom is 0.317 e. The van der Waals surface area contributed by atoms with Crippen molar-refractivity contribution < 1.29 is 9.90 Å². The average Bonchev–Trinajstić information content (AvgIpc) is 2.60. The molecule has 1 saturated carbocycles. The third-order valence-electron chi connectivity index (χ3n) is 3.60. The number of pyridine rings is 1. The number of nitrogens with zero attached hydrogens (tertiary/aromatic N) is 3. The van der Waals surface area contributed by atoms with Gasteiger partial charge in [0.15, 0.2) is 11.5 Å². The number of hydrogen-bond acceptors (Lipinski definition) is 3. The second kappa shape index (κ2) is 3.29. The zero-order valence-corrected chi connectivity index (χ0v) is 9.55. The fraction of sp³-hybridized carbons (Fsp3) is 0.417. The second-order valence-electron chi connectivity index (χ2n) is 4.64. The van der Waals surface area contributed by atoms with Crippen LogP contribution in [-0.4, -0.2) is 25.7 Å². The first-order chi connectivity index (χ1) is 8.13. The number of rotatable bonds is 2. The molecule has 0 atom stereocenters. The number of hydrogen-bond donors (Lipinski definition) is 1. The van der Waals surface area contributed by atoms with Crippen LogP contribution in [0.2, 0.25) is 0 Å². The molecule has 0 aromatic carbocycles. The van der Waals surface area contributed by atoms with Crippen molar-refractivity contribution in [2.45, 2.75) is 31.6 Å². The molecule has 0 aliphatic heterocycles. The van der Waals surface area contributed by atoms with Gasteiger partial charge >= 0.3 is 5.97 Å². The maximum atomic E-state index is 11.4. The van der Waals surface area contributed by atoms with Crippen LogP contribution >= 0.6 is 0 Å². The van der Waals surface area contributed by atoms with Crippen molar-refractivity contribution in [3.05, 3.63) is 29.7 Å². The van der Waals surface area contributed by atoms with Crippen LogP contribution in [0.1, 0.15) is 30.7 Å². The highest BCUT2D eigenvalue weighted by atomic mass is 16.4. The number of aromatic nitrogens is 3. The lowest BCUT2D eigenvalue weighted by atomic mass is 9.68. The van der Waals surface area contributed by atoms with E-state index in [1.54, 1.807) is 10.7 Å². The zero-order chi connectivity index (χ0) is 12.0. The van der Waals surface area contributed by atoms with E-state index < -0.39 is 11.4 Å². The number of carboxylic acid groups (broad SMARTS) is 1. The molecule has 3 rings (SSSR count). The Morgan fingerprint density at radius 2 is 2.29 bits per heavy atom. The molecule has 5 heteroatoms. The highest BCUT2D eigenvalue weighted by Crippen LogP contribution is 2.42. The van der Waals surface area contributed by atoms with Crippen molar-refractivity contribution in [3.8, 4) is 0 Å². The van der Waals surface area contributed by atoms with Crippen molar-refractivity contribution >= 4 is 11.6 Å². The number of fused-ring (bicyclic) bond motifs is 1. The summed E-state index contributed by atoms with van der Waals surface area (Å²) in [5, 5.41) is 13.7. The van der Waals surface area contributed by atoms with Gasteiger partial charge in [0.2, 0.25) is 0 Å². The van der Waals surface area contributed by atoms with Crippen LogP contribution in [0.5, 0.6) is 0 Å². The fourth-order valence-corrected chi connectivity index (χ4v) is 2.31. The summed E-state index contributed by atoms with van der Waals surface area (Å²) in [6.07, 6.45) is 4.00. The maximum absolute atomic E-state index is 11.4.